The Labute approximate surface area is 229 Å². The van der Waals surface area contributed by atoms with Gasteiger partial charge in [-0.25, -0.2) is 23.5 Å². The number of nitrogens with one attached hydrogen (secondary N) is 3. The molecule has 3 rings (SSSR count). The van der Waals surface area contributed by atoms with Crippen molar-refractivity contribution in [3.63, 3.8) is 0 Å². The summed E-state index contributed by atoms with van der Waals surface area (Å²) < 4.78 is 52.0. The maximum Gasteiger partial charge on any atom is 0.490 e. The Hall–Kier alpha value is -2.57. The van der Waals surface area contributed by atoms with Crippen LogP contribution in [0.25, 0.3) is 6.08 Å². The van der Waals surface area contributed by atoms with Crippen LogP contribution in [0, 0.1) is 0 Å². The van der Waals surface area contributed by atoms with Crippen LogP contribution in [0.1, 0.15) is 30.3 Å². The van der Waals surface area contributed by atoms with Crippen LogP contribution < -0.4 is 16.6 Å². The fourth-order valence-corrected chi connectivity index (χ4v) is 6.49. The summed E-state index contributed by atoms with van der Waals surface area (Å²) in [5.41, 5.74) is -0.882. The molecule has 0 spiro atoms. The predicted molar refractivity (Wildman–Crippen MR) is 135 cm³/mol. The molecule has 0 saturated carbocycles. The van der Waals surface area contributed by atoms with Crippen LogP contribution in [-0.2, 0) is 42.8 Å². The minimum Gasteiger partial charge on any atom is -0.390 e. The van der Waals surface area contributed by atoms with Gasteiger partial charge in [0.25, 0.3) is 5.56 Å². The number of hydrogen-bond acceptors (Lipinski definition) is 12. The summed E-state index contributed by atoms with van der Waals surface area (Å²) in [7, 11) is -16.8. The lowest BCUT2D eigenvalue weighted by atomic mass is 10.2. The first-order valence-corrected chi connectivity index (χ1v) is 15.9. The number of aryl methyl sites for hydroxylation is 1. The second-order valence-electron chi connectivity index (χ2n) is 8.35. The number of H-pyrrole nitrogens is 2. The zero-order valence-corrected chi connectivity index (χ0v) is 23.4. The number of phosphoric acid groups is 3. The molecule has 20 nitrogen and oxygen atoms in total. The van der Waals surface area contributed by atoms with Gasteiger partial charge in [0.2, 0.25) is 5.91 Å². The number of rotatable bonds is 14. The summed E-state index contributed by atoms with van der Waals surface area (Å²) in [6.07, 6.45) is 3.42. The van der Waals surface area contributed by atoms with Gasteiger partial charge in [0.1, 0.15) is 12.3 Å². The highest BCUT2D eigenvalue weighted by Crippen LogP contribution is 2.66. The molecule has 1 saturated heterocycles. The van der Waals surface area contributed by atoms with Crippen molar-refractivity contribution in [2.24, 2.45) is 0 Å². The molecule has 1 aliphatic rings. The van der Waals surface area contributed by atoms with Crippen molar-refractivity contribution in [3.05, 3.63) is 56.9 Å². The van der Waals surface area contributed by atoms with Crippen molar-refractivity contribution in [2.75, 3.05) is 13.2 Å². The fourth-order valence-electron chi connectivity index (χ4n) is 3.46. The Bertz CT molecular complexity index is 1500. The first-order chi connectivity index (χ1) is 19.0. The summed E-state index contributed by atoms with van der Waals surface area (Å²) in [5, 5.41) is 12.9. The number of phosphoric ester groups is 1. The molecule has 2 unspecified atom stereocenters. The lowest BCUT2D eigenvalue weighted by Crippen LogP contribution is -2.33. The van der Waals surface area contributed by atoms with E-state index in [1.807, 2.05) is 0 Å². The zero-order valence-electron chi connectivity index (χ0n) is 20.7. The highest BCUT2D eigenvalue weighted by Gasteiger charge is 2.43. The molecule has 3 heterocycles. The van der Waals surface area contributed by atoms with Gasteiger partial charge < -0.3 is 39.7 Å². The van der Waals surface area contributed by atoms with Crippen molar-refractivity contribution >= 4 is 35.5 Å². The largest absolute Gasteiger partial charge is 0.490 e. The van der Waals surface area contributed by atoms with E-state index in [9.17, 15) is 43.0 Å². The van der Waals surface area contributed by atoms with Crippen molar-refractivity contribution in [2.45, 2.75) is 37.7 Å². The SMILES string of the molecule is O=C(CCc1cnc[nH]1)NC/C=C/c1cn([C@H]2C[C@H](O)[C@@H](COP(=O)(O)OP(=O)(O)OP(=O)(O)O)O2)c(=O)[nH]c1=O. The highest BCUT2D eigenvalue weighted by atomic mass is 31.3. The smallest absolute Gasteiger partial charge is 0.390 e. The Morgan fingerprint density at radius 3 is 2.59 bits per heavy atom. The molecule has 0 aromatic carbocycles. The van der Waals surface area contributed by atoms with Gasteiger partial charge in [-0.05, 0) is 6.42 Å². The van der Waals surface area contributed by atoms with E-state index < -0.39 is 59.8 Å². The Kier molecular flexibility index (Phi) is 10.9. The van der Waals surface area contributed by atoms with E-state index in [0.717, 1.165) is 16.5 Å². The predicted octanol–water partition coefficient (Wildman–Crippen LogP) is -0.986. The first kappa shape index (κ1) is 32.9. The van der Waals surface area contributed by atoms with Gasteiger partial charge in [-0.2, -0.15) is 8.62 Å². The number of ether oxygens (including phenoxy) is 1. The normalized spacial score (nSPS) is 22.4. The van der Waals surface area contributed by atoms with E-state index in [2.05, 4.69) is 33.4 Å². The number of imidazole rings is 1. The number of aromatic amines is 2. The van der Waals surface area contributed by atoms with E-state index in [0.29, 0.717) is 6.42 Å². The molecule has 41 heavy (non-hydrogen) atoms. The molecular weight excluding hydrogens is 619 g/mol. The number of nitrogens with zero attached hydrogens (tertiary/aromatic N) is 2. The standard InChI is InChI=1S/C18H26N5O15P3/c24-13-6-16(36-14(13)9-35-40(31,32)38-41(33,34)37-39(28,29)30)23-8-11(17(26)22-18(23)27)2-1-5-20-15(25)4-3-12-7-19-10-21-12/h1-2,7-8,10,13-14,16,24H,3-6,9H2,(H,19,21)(H,20,25)(H,31,32)(H,33,34)(H,22,26,27)(H2,28,29,30)/b2-1+/t13-,14+,16+/m0/s1. The van der Waals surface area contributed by atoms with Crippen LogP contribution in [0.15, 0.2) is 34.4 Å². The van der Waals surface area contributed by atoms with Gasteiger partial charge in [0.05, 0.1) is 24.6 Å². The average Bonchev–Trinajstić information content (AvgIpc) is 3.47. The molecular formula is C18H26N5O15P3. The number of amides is 1. The number of aliphatic hydroxyl groups excluding tert-OH is 1. The van der Waals surface area contributed by atoms with Gasteiger partial charge in [-0.1, -0.05) is 12.2 Å². The third kappa shape index (κ3) is 10.6. The van der Waals surface area contributed by atoms with Gasteiger partial charge >= 0.3 is 29.2 Å². The first-order valence-electron chi connectivity index (χ1n) is 11.4. The lowest BCUT2D eigenvalue weighted by Gasteiger charge is -2.19. The van der Waals surface area contributed by atoms with E-state index >= 15 is 0 Å². The molecule has 2 aromatic heterocycles. The molecule has 0 radical (unpaired) electrons. The van der Waals surface area contributed by atoms with Crippen molar-refractivity contribution in [1.82, 2.24) is 24.8 Å². The third-order valence-corrected chi connectivity index (χ3v) is 9.02. The van der Waals surface area contributed by atoms with Crippen LogP contribution in [0.3, 0.4) is 0 Å². The molecule has 5 atom stereocenters. The second kappa shape index (κ2) is 13.6. The second-order valence-corrected chi connectivity index (χ2v) is 12.8. The van der Waals surface area contributed by atoms with Gasteiger partial charge in [-0.3, -0.25) is 23.7 Å². The molecule has 0 aliphatic carbocycles. The number of aliphatic hydroxyl groups is 1. The maximum absolute atomic E-state index is 12.4. The van der Waals surface area contributed by atoms with E-state index in [4.69, 9.17) is 14.5 Å². The van der Waals surface area contributed by atoms with Crippen molar-refractivity contribution in [1.29, 1.82) is 0 Å². The molecule has 8 N–H and O–H groups in total. The van der Waals surface area contributed by atoms with Crippen LogP contribution >= 0.6 is 23.5 Å². The van der Waals surface area contributed by atoms with E-state index in [-0.39, 0.29) is 30.9 Å². The quantitative estimate of drug-likeness (QED) is 0.114. The minimum absolute atomic E-state index is 0.00823. The number of carbonyl (C=O) groups is 1. The molecule has 23 heteroatoms. The van der Waals surface area contributed by atoms with Gasteiger partial charge in [0.15, 0.2) is 0 Å². The molecule has 1 amide bonds. The summed E-state index contributed by atoms with van der Waals surface area (Å²) in [4.78, 5) is 81.2. The highest BCUT2D eigenvalue weighted by molar-refractivity contribution is 7.66. The topological polar surface area (TPSA) is 302 Å². The van der Waals surface area contributed by atoms with Gasteiger partial charge in [-0.15, -0.1) is 0 Å². The number of aromatic nitrogens is 4. The summed E-state index contributed by atoms with van der Waals surface area (Å²) >= 11 is 0. The molecule has 0 bridgehead atoms. The monoisotopic (exact) mass is 645 g/mol. The molecule has 1 aliphatic heterocycles. The minimum atomic E-state index is -5.74. The lowest BCUT2D eigenvalue weighted by molar-refractivity contribution is -0.120. The van der Waals surface area contributed by atoms with Crippen LogP contribution in [0.5, 0.6) is 0 Å². The molecule has 2 aromatic rings. The summed E-state index contributed by atoms with van der Waals surface area (Å²) in [6, 6.07) is 0. The van der Waals surface area contributed by atoms with Crippen LogP contribution in [-0.4, -0.2) is 75.5 Å². The van der Waals surface area contributed by atoms with Crippen molar-refractivity contribution < 1.29 is 61.1 Å². The third-order valence-electron chi connectivity index (χ3n) is 5.22. The van der Waals surface area contributed by atoms with Crippen LogP contribution in [0.2, 0.25) is 0 Å². The zero-order chi connectivity index (χ0) is 30.4. The van der Waals surface area contributed by atoms with Crippen LogP contribution in [0.4, 0.5) is 0 Å². The molecule has 1 fully saturated rings. The Balaban J connectivity index is 1.57. The maximum atomic E-state index is 12.4. The van der Waals surface area contributed by atoms with Crippen molar-refractivity contribution in [3.8, 4) is 0 Å². The molecule has 228 valence electrons. The Morgan fingerprint density at radius 1 is 1.20 bits per heavy atom. The summed E-state index contributed by atoms with van der Waals surface area (Å²) in [6.45, 7) is -0.867. The summed E-state index contributed by atoms with van der Waals surface area (Å²) in [5.74, 6) is -0.251. The van der Waals surface area contributed by atoms with E-state index in [1.165, 1.54) is 18.5 Å². The van der Waals surface area contributed by atoms with Gasteiger partial charge in [0, 0.05) is 37.5 Å². The Morgan fingerprint density at radius 2 is 1.93 bits per heavy atom. The van der Waals surface area contributed by atoms with E-state index in [1.54, 1.807) is 6.20 Å². The average molecular weight is 645 g/mol. The number of hydrogen-bond donors (Lipinski definition) is 8. The number of carbonyl (C=O) groups excluding carboxylic acids is 1. The fraction of sp³-hybridized carbons (Fsp3) is 0.444.